The topological polar surface area (TPSA) is 40.5 Å². The van der Waals surface area contributed by atoms with Crippen LogP contribution in [0.25, 0.3) is 0 Å². The van der Waals surface area contributed by atoms with Gasteiger partial charge in [0.15, 0.2) is 0 Å². The molecule has 1 unspecified atom stereocenters. The van der Waals surface area contributed by atoms with Crippen molar-refractivity contribution >= 4 is 17.5 Å². The number of halogens is 3. The Bertz CT molecular complexity index is 759. The van der Waals surface area contributed by atoms with Crippen LogP contribution in [0.3, 0.4) is 0 Å². The maximum Gasteiger partial charge on any atom is 0.256 e. The van der Waals surface area contributed by atoms with Gasteiger partial charge in [0.05, 0.1) is 11.7 Å². The van der Waals surface area contributed by atoms with Gasteiger partial charge in [-0.05, 0) is 54.7 Å². The van der Waals surface area contributed by atoms with Gasteiger partial charge >= 0.3 is 0 Å². The number of rotatable bonds is 3. The van der Waals surface area contributed by atoms with E-state index in [-0.39, 0.29) is 11.5 Å². The molecule has 0 bridgehead atoms. The first-order valence-electron chi connectivity index (χ1n) is 8.13. The average Bonchev–Trinajstić information content (AvgIpc) is 2.63. The highest BCUT2D eigenvalue weighted by atomic mass is 35.5. The lowest BCUT2D eigenvalue weighted by molar-refractivity contribution is 0.0459. The minimum absolute atomic E-state index is 0.00239. The van der Waals surface area contributed by atoms with Crippen LogP contribution < -0.4 is 0 Å². The van der Waals surface area contributed by atoms with Crippen molar-refractivity contribution in [2.45, 2.75) is 18.9 Å². The second kappa shape index (κ2) is 7.50. The van der Waals surface area contributed by atoms with E-state index in [4.69, 9.17) is 11.6 Å². The van der Waals surface area contributed by atoms with Crippen molar-refractivity contribution in [3.05, 3.63) is 70.2 Å². The fourth-order valence-corrected chi connectivity index (χ4v) is 3.31. The van der Waals surface area contributed by atoms with Gasteiger partial charge < -0.3 is 10.0 Å². The van der Waals surface area contributed by atoms with Crippen molar-refractivity contribution in [2.75, 3.05) is 13.1 Å². The monoisotopic (exact) mass is 365 g/mol. The van der Waals surface area contributed by atoms with E-state index in [9.17, 15) is 18.7 Å². The normalized spacial score (nSPS) is 16.7. The first kappa shape index (κ1) is 17.8. The predicted octanol–water partition coefficient (Wildman–Crippen LogP) is 4.20. The van der Waals surface area contributed by atoms with Crippen molar-refractivity contribution in [1.29, 1.82) is 0 Å². The maximum absolute atomic E-state index is 13.8. The van der Waals surface area contributed by atoms with Gasteiger partial charge in [0.2, 0.25) is 0 Å². The number of amides is 1. The molecule has 132 valence electrons. The molecule has 25 heavy (non-hydrogen) atoms. The highest BCUT2D eigenvalue weighted by Gasteiger charge is 2.29. The van der Waals surface area contributed by atoms with E-state index >= 15 is 0 Å². The highest BCUT2D eigenvalue weighted by molar-refractivity contribution is 6.30. The zero-order chi connectivity index (χ0) is 18.0. The second-order valence-electron chi connectivity index (χ2n) is 6.25. The molecule has 0 saturated carbocycles. The zero-order valence-electron chi connectivity index (χ0n) is 13.5. The van der Waals surface area contributed by atoms with Crippen LogP contribution in [0.1, 0.15) is 34.9 Å². The number of nitrogens with zero attached hydrogens (tertiary/aromatic N) is 1. The molecule has 1 amide bonds. The van der Waals surface area contributed by atoms with Crippen LogP contribution in [-0.2, 0) is 0 Å². The number of benzene rings is 2. The fraction of sp³-hybridized carbons (Fsp3) is 0.316. The molecule has 1 aliphatic rings. The van der Waals surface area contributed by atoms with Crippen LogP contribution >= 0.6 is 11.6 Å². The molecule has 0 aromatic heterocycles. The van der Waals surface area contributed by atoms with Gasteiger partial charge in [-0.3, -0.25) is 4.79 Å². The third-order valence-corrected chi connectivity index (χ3v) is 4.90. The van der Waals surface area contributed by atoms with Crippen LogP contribution in [-0.4, -0.2) is 29.0 Å². The maximum atomic E-state index is 13.8. The van der Waals surface area contributed by atoms with Gasteiger partial charge in [0.25, 0.3) is 5.91 Å². The number of aliphatic hydroxyl groups excluding tert-OH is 1. The van der Waals surface area contributed by atoms with Crippen LogP contribution in [0.4, 0.5) is 8.78 Å². The Morgan fingerprint density at radius 2 is 1.76 bits per heavy atom. The number of aliphatic hydroxyl groups is 1. The fourth-order valence-electron chi connectivity index (χ4n) is 3.18. The molecule has 2 aromatic rings. The van der Waals surface area contributed by atoms with Gasteiger partial charge in [-0.25, -0.2) is 8.78 Å². The van der Waals surface area contributed by atoms with Crippen LogP contribution in [0, 0.1) is 17.6 Å². The first-order chi connectivity index (χ1) is 12.0. The average molecular weight is 366 g/mol. The summed E-state index contributed by atoms with van der Waals surface area (Å²) < 4.78 is 27.0. The lowest BCUT2D eigenvalue weighted by atomic mass is 9.87. The van der Waals surface area contributed by atoms with E-state index in [2.05, 4.69) is 0 Å². The van der Waals surface area contributed by atoms with Gasteiger partial charge in [-0.15, -0.1) is 0 Å². The molecule has 3 nitrogen and oxygen atoms in total. The predicted molar refractivity (Wildman–Crippen MR) is 91.4 cm³/mol. The Labute approximate surface area is 149 Å². The lowest BCUT2D eigenvalue weighted by Gasteiger charge is -2.34. The van der Waals surface area contributed by atoms with Crippen molar-refractivity contribution in [3.8, 4) is 0 Å². The Balaban J connectivity index is 1.64. The van der Waals surface area contributed by atoms with Gasteiger partial charge in [-0.1, -0.05) is 23.7 Å². The molecule has 1 N–H and O–H groups in total. The first-order valence-corrected chi connectivity index (χ1v) is 8.51. The number of hydrogen-bond acceptors (Lipinski definition) is 2. The van der Waals surface area contributed by atoms with Crippen LogP contribution in [0.5, 0.6) is 0 Å². The molecule has 2 aromatic carbocycles. The summed E-state index contributed by atoms with van der Waals surface area (Å²) in [6.45, 7) is 0.786. The summed E-state index contributed by atoms with van der Waals surface area (Å²) in [6.07, 6.45) is 0.541. The second-order valence-corrected chi connectivity index (χ2v) is 6.69. The lowest BCUT2D eigenvalue weighted by Crippen LogP contribution is -2.40. The quantitative estimate of drug-likeness (QED) is 0.885. The molecular formula is C19H18ClF2NO2. The summed E-state index contributed by atoms with van der Waals surface area (Å²) in [4.78, 5) is 13.9. The number of carbonyl (C=O) groups excluding carboxylic acids is 1. The minimum Gasteiger partial charge on any atom is -0.388 e. The SMILES string of the molecule is O=C(c1cc(F)ccc1F)N1CCC(C(O)c2ccc(Cl)cc2)CC1. The van der Waals surface area contributed by atoms with Gasteiger partial charge in [0, 0.05) is 18.1 Å². The van der Waals surface area contributed by atoms with E-state index in [1.165, 1.54) is 4.90 Å². The third-order valence-electron chi connectivity index (χ3n) is 4.64. The van der Waals surface area contributed by atoms with Gasteiger partial charge in [0.1, 0.15) is 11.6 Å². The Morgan fingerprint density at radius 3 is 2.40 bits per heavy atom. The summed E-state index contributed by atoms with van der Waals surface area (Å²) in [5, 5.41) is 11.1. The molecule has 6 heteroatoms. The van der Waals surface area contributed by atoms with E-state index in [1.54, 1.807) is 24.3 Å². The standard InChI is InChI=1S/C19H18ClF2NO2/c20-14-3-1-12(2-4-14)18(24)13-7-9-23(10-8-13)19(25)16-11-15(21)5-6-17(16)22/h1-6,11,13,18,24H,7-10H2. The Kier molecular flexibility index (Phi) is 5.35. The molecule has 1 fully saturated rings. The molecule has 0 radical (unpaired) electrons. The number of hydrogen-bond donors (Lipinski definition) is 1. The summed E-state index contributed by atoms with van der Waals surface area (Å²) in [5.41, 5.74) is 0.530. The number of likely N-dealkylation sites (tertiary alicyclic amines) is 1. The molecule has 1 atom stereocenters. The van der Waals surface area contributed by atoms with Crippen molar-refractivity contribution in [1.82, 2.24) is 4.90 Å². The van der Waals surface area contributed by atoms with Gasteiger partial charge in [-0.2, -0.15) is 0 Å². The summed E-state index contributed by atoms with van der Waals surface area (Å²) in [6, 6.07) is 9.89. The molecule has 3 rings (SSSR count). The third kappa shape index (κ3) is 3.99. The molecule has 1 saturated heterocycles. The van der Waals surface area contributed by atoms with Crippen molar-refractivity contribution in [3.63, 3.8) is 0 Å². The highest BCUT2D eigenvalue weighted by Crippen LogP contribution is 2.31. The van der Waals surface area contributed by atoms with Crippen LogP contribution in [0.15, 0.2) is 42.5 Å². The van der Waals surface area contributed by atoms with E-state index in [1.807, 2.05) is 0 Å². The largest absolute Gasteiger partial charge is 0.388 e. The zero-order valence-corrected chi connectivity index (χ0v) is 14.2. The number of carbonyl (C=O) groups is 1. The number of piperidine rings is 1. The van der Waals surface area contributed by atoms with Crippen molar-refractivity contribution in [2.24, 2.45) is 5.92 Å². The van der Waals surface area contributed by atoms with E-state index in [0.717, 1.165) is 23.8 Å². The Hall–Kier alpha value is -1.98. The Morgan fingerprint density at radius 1 is 1.12 bits per heavy atom. The molecule has 0 aliphatic carbocycles. The molecule has 1 aliphatic heterocycles. The molecular weight excluding hydrogens is 348 g/mol. The summed E-state index contributed by atoms with van der Waals surface area (Å²) >= 11 is 5.86. The minimum atomic E-state index is -0.727. The summed E-state index contributed by atoms with van der Waals surface area (Å²) in [5.74, 6) is -1.88. The van der Waals surface area contributed by atoms with Crippen molar-refractivity contribution < 1.29 is 18.7 Å². The van der Waals surface area contributed by atoms with Crippen LogP contribution in [0.2, 0.25) is 5.02 Å². The van der Waals surface area contributed by atoms with E-state index in [0.29, 0.717) is 31.0 Å². The smallest absolute Gasteiger partial charge is 0.256 e. The van der Waals surface area contributed by atoms with E-state index < -0.39 is 23.6 Å². The molecule has 1 heterocycles. The molecule has 0 spiro atoms. The summed E-state index contributed by atoms with van der Waals surface area (Å²) in [7, 11) is 0.